The fraction of sp³-hybridized carbons (Fsp3) is 0.455. The molecule has 1 aliphatic heterocycles. The van der Waals surface area contributed by atoms with E-state index < -0.39 is 36.7 Å². The summed E-state index contributed by atoms with van der Waals surface area (Å²) in [7, 11) is 0. The number of fused-ring (bicyclic) bond motifs is 1. The van der Waals surface area contributed by atoms with Crippen molar-refractivity contribution >= 4 is 32.9 Å². The number of aromatic amines is 1. The van der Waals surface area contributed by atoms with Crippen LogP contribution in [-0.4, -0.2) is 54.8 Å². The zero-order valence-electron chi connectivity index (χ0n) is 10.6. The third kappa shape index (κ3) is 2.15. The predicted octanol–water partition coefficient (Wildman–Crippen LogP) is -1.32. The lowest BCUT2D eigenvalue weighted by Crippen LogP contribution is -2.33. The molecule has 0 aliphatic carbocycles. The van der Waals surface area contributed by atoms with Crippen molar-refractivity contribution in [2.24, 2.45) is 0 Å². The van der Waals surface area contributed by atoms with Crippen molar-refractivity contribution in [1.29, 1.82) is 0 Å². The lowest BCUT2D eigenvalue weighted by molar-refractivity contribution is -0.0509. The number of aromatic nitrogens is 3. The van der Waals surface area contributed by atoms with Gasteiger partial charge in [-0.25, -0.2) is 0 Å². The maximum atomic E-state index is 11.9. The molecule has 21 heavy (non-hydrogen) atoms. The van der Waals surface area contributed by atoms with E-state index in [0.29, 0.717) is 4.47 Å². The number of ether oxygens (including phenoxy) is 1. The summed E-state index contributed by atoms with van der Waals surface area (Å²) in [5.41, 5.74) is 5.30. The Morgan fingerprint density at radius 2 is 2.19 bits per heavy atom. The van der Waals surface area contributed by atoms with Crippen LogP contribution in [0.3, 0.4) is 0 Å². The molecule has 3 heterocycles. The van der Waals surface area contributed by atoms with Crippen LogP contribution in [0.5, 0.6) is 0 Å². The van der Waals surface area contributed by atoms with E-state index in [1.807, 2.05) is 0 Å². The summed E-state index contributed by atoms with van der Waals surface area (Å²) < 4.78 is 7.27. The highest BCUT2D eigenvalue weighted by Crippen LogP contribution is 2.33. The Morgan fingerprint density at radius 1 is 1.48 bits per heavy atom. The smallest absolute Gasteiger partial charge is 0.262 e. The second-order valence-electron chi connectivity index (χ2n) is 4.76. The van der Waals surface area contributed by atoms with Crippen LogP contribution in [0.4, 0.5) is 5.95 Å². The molecule has 9 nitrogen and oxygen atoms in total. The quantitative estimate of drug-likeness (QED) is 0.446. The minimum atomic E-state index is -1.27. The molecule has 0 aromatic carbocycles. The molecule has 0 unspecified atom stereocenters. The number of nitrogen functional groups attached to an aromatic ring is 1. The zero-order chi connectivity index (χ0) is 15.3. The number of halogens is 1. The molecule has 3 rings (SSSR count). The Kier molecular flexibility index (Phi) is 3.50. The molecule has 0 spiro atoms. The Hall–Kier alpha value is -1.46. The first-order valence-electron chi connectivity index (χ1n) is 6.12. The fourth-order valence-corrected chi connectivity index (χ4v) is 3.01. The van der Waals surface area contributed by atoms with Crippen molar-refractivity contribution in [2.45, 2.75) is 24.5 Å². The topological polar surface area (TPSA) is 147 Å². The molecular weight excluding hydrogens is 348 g/mol. The number of nitrogens with two attached hydrogens (primary N) is 1. The molecule has 4 atom stereocenters. The van der Waals surface area contributed by atoms with Gasteiger partial charge in [-0.1, -0.05) is 0 Å². The van der Waals surface area contributed by atoms with Gasteiger partial charge in [0.15, 0.2) is 11.9 Å². The summed E-state index contributed by atoms with van der Waals surface area (Å²) in [4.78, 5) is 18.3. The van der Waals surface area contributed by atoms with Gasteiger partial charge in [0.1, 0.15) is 18.3 Å². The summed E-state index contributed by atoms with van der Waals surface area (Å²) in [6.07, 6.45) is -2.91. The fourth-order valence-electron chi connectivity index (χ4n) is 2.43. The van der Waals surface area contributed by atoms with Gasteiger partial charge < -0.3 is 30.4 Å². The number of hydrogen-bond donors (Lipinski definition) is 5. The monoisotopic (exact) mass is 360 g/mol. The molecule has 0 saturated carbocycles. The molecular formula is C11H13BrN4O5. The normalized spacial score (nSPS) is 29.3. The highest BCUT2D eigenvalue weighted by molar-refractivity contribution is 9.10. The summed E-state index contributed by atoms with van der Waals surface area (Å²) in [6, 6.07) is 0. The van der Waals surface area contributed by atoms with Gasteiger partial charge in [0.05, 0.1) is 16.5 Å². The molecule has 6 N–H and O–H groups in total. The number of anilines is 1. The highest BCUT2D eigenvalue weighted by atomic mass is 79.9. The maximum Gasteiger partial charge on any atom is 0.262 e. The van der Waals surface area contributed by atoms with E-state index in [9.17, 15) is 15.0 Å². The lowest BCUT2D eigenvalue weighted by atomic mass is 10.1. The van der Waals surface area contributed by atoms with Gasteiger partial charge in [0.2, 0.25) is 5.95 Å². The van der Waals surface area contributed by atoms with Gasteiger partial charge in [-0.15, -0.1) is 0 Å². The Labute approximate surface area is 126 Å². The molecule has 1 fully saturated rings. The molecule has 0 bridgehead atoms. The van der Waals surface area contributed by atoms with Crippen molar-refractivity contribution in [1.82, 2.24) is 14.5 Å². The predicted molar refractivity (Wildman–Crippen MR) is 75.5 cm³/mol. The average molecular weight is 361 g/mol. The van der Waals surface area contributed by atoms with Gasteiger partial charge >= 0.3 is 0 Å². The maximum absolute atomic E-state index is 11.9. The van der Waals surface area contributed by atoms with Gasteiger partial charge in [0, 0.05) is 6.20 Å². The van der Waals surface area contributed by atoms with Crippen molar-refractivity contribution in [3.05, 3.63) is 21.0 Å². The van der Waals surface area contributed by atoms with Crippen molar-refractivity contribution < 1.29 is 20.1 Å². The van der Waals surface area contributed by atoms with E-state index in [4.69, 9.17) is 15.6 Å². The van der Waals surface area contributed by atoms with Crippen LogP contribution < -0.4 is 11.3 Å². The Morgan fingerprint density at radius 3 is 2.81 bits per heavy atom. The van der Waals surface area contributed by atoms with Crippen molar-refractivity contribution in [2.75, 3.05) is 12.3 Å². The first kappa shape index (κ1) is 14.5. The Bertz CT molecular complexity index is 744. The number of hydrogen-bond acceptors (Lipinski definition) is 7. The zero-order valence-corrected chi connectivity index (χ0v) is 12.2. The van der Waals surface area contributed by atoms with Crippen LogP contribution in [0.25, 0.3) is 11.0 Å². The number of nitrogens with one attached hydrogen (secondary N) is 1. The number of aliphatic hydroxyl groups is 3. The van der Waals surface area contributed by atoms with Gasteiger partial charge in [-0.3, -0.25) is 9.78 Å². The van der Waals surface area contributed by atoms with Crippen molar-refractivity contribution in [3.8, 4) is 0 Å². The van der Waals surface area contributed by atoms with E-state index in [0.717, 1.165) is 0 Å². The van der Waals surface area contributed by atoms with E-state index in [2.05, 4.69) is 25.9 Å². The molecule has 2 aromatic rings. The van der Waals surface area contributed by atoms with Gasteiger partial charge in [-0.05, 0) is 15.9 Å². The second-order valence-corrected chi connectivity index (χ2v) is 5.62. The number of aliphatic hydroxyl groups excluding tert-OH is 3. The first-order chi connectivity index (χ1) is 9.93. The summed E-state index contributed by atoms with van der Waals surface area (Å²) in [5, 5.41) is 29.2. The largest absolute Gasteiger partial charge is 0.394 e. The molecule has 0 radical (unpaired) electrons. The minimum absolute atomic E-state index is 0.0777. The highest BCUT2D eigenvalue weighted by Gasteiger charge is 2.44. The van der Waals surface area contributed by atoms with Crippen molar-refractivity contribution in [3.63, 3.8) is 0 Å². The first-order valence-corrected chi connectivity index (χ1v) is 6.91. The molecule has 2 aromatic heterocycles. The number of H-pyrrole nitrogens is 1. The molecule has 0 amide bonds. The minimum Gasteiger partial charge on any atom is -0.394 e. The van der Waals surface area contributed by atoms with Gasteiger partial charge in [-0.2, -0.15) is 4.98 Å². The van der Waals surface area contributed by atoms with E-state index in [1.54, 1.807) is 0 Å². The second kappa shape index (κ2) is 5.07. The van der Waals surface area contributed by atoms with Crippen LogP contribution in [-0.2, 0) is 4.74 Å². The van der Waals surface area contributed by atoms with Crippen LogP contribution in [0, 0.1) is 0 Å². The molecule has 10 heteroatoms. The SMILES string of the molecule is Nc1nc2c(c(Br)cn2[C@H]2O[C@@H](CO)[C@H](O)[C@@H]2O)c(=O)[nH]1. The molecule has 114 valence electrons. The average Bonchev–Trinajstić information content (AvgIpc) is 2.89. The van der Waals surface area contributed by atoms with Crippen LogP contribution in [0.2, 0.25) is 0 Å². The van der Waals surface area contributed by atoms with Crippen LogP contribution in [0.15, 0.2) is 15.5 Å². The van der Waals surface area contributed by atoms with Crippen LogP contribution in [0.1, 0.15) is 6.23 Å². The van der Waals surface area contributed by atoms with Crippen LogP contribution >= 0.6 is 15.9 Å². The molecule has 1 aliphatic rings. The summed E-state index contributed by atoms with van der Waals surface area (Å²) in [6.45, 7) is -0.439. The number of nitrogens with zero attached hydrogens (tertiary/aromatic N) is 2. The standard InChI is InChI=1S/C11H13BrN4O5/c12-3-1-16(8-5(3)9(20)15-11(13)14-8)10-7(19)6(18)4(2-17)21-10/h1,4,6-7,10,17-19H,2H2,(H3,13,14,15,20)/t4-,6-,7-,10-/m0/s1. The molecule has 1 saturated heterocycles. The summed E-state index contributed by atoms with van der Waals surface area (Å²) in [5.74, 6) is -0.0777. The summed E-state index contributed by atoms with van der Waals surface area (Å²) >= 11 is 3.24. The van der Waals surface area contributed by atoms with E-state index >= 15 is 0 Å². The van der Waals surface area contributed by atoms with E-state index in [1.165, 1.54) is 10.8 Å². The number of rotatable bonds is 2. The van der Waals surface area contributed by atoms with E-state index in [-0.39, 0.29) is 17.0 Å². The third-order valence-corrected chi connectivity index (χ3v) is 4.05. The Balaban J connectivity index is 2.16. The third-order valence-electron chi connectivity index (χ3n) is 3.45. The lowest BCUT2D eigenvalue weighted by Gasteiger charge is -2.17. The van der Waals surface area contributed by atoms with Gasteiger partial charge in [0.25, 0.3) is 5.56 Å².